The molecule has 1 aliphatic rings. The second-order valence-corrected chi connectivity index (χ2v) is 7.63. The predicted molar refractivity (Wildman–Crippen MR) is 113 cm³/mol. The van der Waals surface area contributed by atoms with Crippen LogP contribution in [-0.2, 0) is 6.42 Å². The Morgan fingerprint density at radius 1 is 1.10 bits per heavy atom. The molecule has 0 aliphatic heterocycles. The van der Waals surface area contributed by atoms with Crippen molar-refractivity contribution in [2.24, 2.45) is 0 Å². The molecule has 3 aromatic rings. The van der Waals surface area contributed by atoms with Crippen molar-refractivity contribution < 1.29 is 14.6 Å². The first-order valence-corrected chi connectivity index (χ1v) is 10.4. The third-order valence-electron chi connectivity index (χ3n) is 5.45. The summed E-state index contributed by atoms with van der Waals surface area (Å²) in [5.74, 6) is 1.26. The summed E-state index contributed by atoms with van der Waals surface area (Å²) in [4.78, 5) is 17.3. The number of methoxy groups -OCH3 is 1. The van der Waals surface area contributed by atoms with Crippen LogP contribution in [0.1, 0.15) is 55.9 Å². The van der Waals surface area contributed by atoms with Crippen LogP contribution in [0.15, 0.2) is 30.5 Å². The van der Waals surface area contributed by atoms with E-state index in [1.54, 1.807) is 7.11 Å². The molecule has 0 saturated heterocycles. The van der Waals surface area contributed by atoms with Gasteiger partial charge in [-0.1, -0.05) is 18.6 Å². The number of aliphatic hydroxyl groups is 1. The second kappa shape index (κ2) is 9.21. The van der Waals surface area contributed by atoms with E-state index in [1.165, 1.54) is 12.6 Å². The molecule has 3 N–H and O–H groups in total. The monoisotopic (exact) mass is 409 g/mol. The third-order valence-corrected chi connectivity index (χ3v) is 5.45. The summed E-state index contributed by atoms with van der Waals surface area (Å²) in [6, 6.07) is 7.80. The SMILES string of the molecule is COc1ccc(CC[C@@H](O)c2cnc3nc(N)nc(OC4CCCCC4)c3n2)cc1. The van der Waals surface area contributed by atoms with Gasteiger partial charge in [-0.3, -0.25) is 0 Å². The van der Waals surface area contributed by atoms with Crippen molar-refractivity contribution in [2.75, 3.05) is 12.8 Å². The van der Waals surface area contributed by atoms with Gasteiger partial charge >= 0.3 is 0 Å². The lowest BCUT2D eigenvalue weighted by Crippen LogP contribution is -2.21. The normalized spacial score (nSPS) is 15.8. The van der Waals surface area contributed by atoms with E-state index in [9.17, 15) is 5.11 Å². The van der Waals surface area contributed by atoms with Gasteiger partial charge in [0.2, 0.25) is 11.8 Å². The summed E-state index contributed by atoms with van der Waals surface area (Å²) < 4.78 is 11.3. The smallest absolute Gasteiger partial charge is 0.247 e. The third kappa shape index (κ3) is 4.76. The van der Waals surface area contributed by atoms with Crippen molar-refractivity contribution in [2.45, 2.75) is 57.2 Å². The number of aromatic nitrogens is 4. The Morgan fingerprint density at radius 3 is 2.60 bits per heavy atom. The van der Waals surface area contributed by atoms with E-state index in [0.29, 0.717) is 35.6 Å². The average Bonchev–Trinajstić information content (AvgIpc) is 2.78. The Balaban J connectivity index is 1.51. The van der Waals surface area contributed by atoms with Crippen molar-refractivity contribution in [1.29, 1.82) is 0 Å². The minimum Gasteiger partial charge on any atom is -0.497 e. The molecule has 2 aromatic heterocycles. The molecule has 0 unspecified atom stereocenters. The quantitative estimate of drug-likeness (QED) is 0.610. The number of benzene rings is 1. The number of aliphatic hydroxyl groups excluding tert-OH is 1. The summed E-state index contributed by atoms with van der Waals surface area (Å²) in [5.41, 5.74) is 8.23. The van der Waals surface area contributed by atoms with E-state index < -0.39 is 6.10 Å². The molecule has 1 atom stereocenters. The van der Waals surface area contributed by atoms with Gasteiger partial charge in [0.15, 0.2) is 11.2 Å². The summed E-state index contributed by atoms with van der Waals surface area (Å²) >= 11 is 0. The Bertz CT molecular complexity index is 990. The van der Waals surface area contributed by atoms with Gasteiger partial charge in [-0.25, -0.2) is 9.97 Å². The highest BCUT2D eigenvalue weighted by Gasteiger charge is 2.20. The highest BCUT2D eigenvalue weighted by atomic mass is 16.5. The van der Waals surface area contributed by atoms with Crippen molar-refractivity contribution in [1.82, 2.24) is 19.9 Å². The number of ether oxygens (including phenoxy) is 2. The lowest BCUT2D eigenvalue weighted by atomic mass is 9.98. The topological polar surface area (TPSA) is 116 Å². The molecule has 8 nitrogen and oxygen atoms in total. The largest absolute Gasteiger partial charge is 0.497 e. The minimum atomic E-state index is -0.760. The number of rotatable bonds is 7. The fraction of sp³-hybridized carbons (Fsp3) is 0.455. The summed E-state index contributed by atoms with van der Waals surface area (Å²) in [6.45, 7) is 0. The average molecular weight is 409 g/mol. The van der Waals surface area contributed by atoms with E-state index in [1.807, 2.05) is 24.3 Å². The highest BCUT2D eigenvalue weighted by molar-refractivity contribution is 5.76. The first-order valence-electron chi connectivity index (χ1n) is 10.4. The molecule has 0 radical (unpaired) electrons. The number of anilines is 1. The molecule has 1 aromatic carbocycles. The van der Waals surface area contributed by atoms with E-state index >= 15 is 0 Å². The highest BCUT2D eigenvalue weighted by Crippen LogP contribution is 2.28. The van der Waals surface area contributed by atoms with Gasteiger partial charge in [-0.05, 0) is 56.2 Å². The van der Waals surface area contributed by atoms with E-state index in [0.717, 1.165) is 37.0 Å². The fourth-order valence-corrected chi connectivity index (χ4v) is 3.74. The van der Waals surface area contributed by atoms with Gasteiger partial charge in [0.05, 0.1) is 25.1 Å². The Labute approximate surface area is 175 Å². The lowest BCUT2D eigenvalue weighted by Gasteiger charge is -2.22. The second-order valence-electron chi connectivity index (χ2n) is 7.63. The number of nitrogens with two attached hydrogens (primary N) is 1. The maximum atomic E-state index is 10.7. The van der Waals surface area contributed by atoms with Gasteiger partial charge in [-0.2, -0.15) is 9.97 Å². The van der Waals surface area contributed by atoms with Gasteiger partial charge in [0, 0.05) is 0 Å². The molecule has 30 heavy (non-hydrogen) atoms. The predicted octanol–water partition coefficient (Wildman–Crippen LogP) is 3.39. The molecule has 1 fully saturated rings. The fourth-order valence-electron chi connectivity index (χ4n) is 3.74. The van der Waals surface area contributed by atoms with Crippen LogP contribution in [0.4, 0.5) is 5.95 Å². The molecule has 1 saturated carbocycles. The Hall–Kier alpha value is -3.00. The van der Waals surface area contributed by atoms with E-state index in [4.69, 9.17) is 15.2 Å². The van der Waals surface area contributed by atoms with Crippen molar-refractivity contribution >= 4 is 17.1 Å². The van der Waals surface area contributed by atoms with Crippen LogP contribution in [0.3, 0.4) is 0 Å². The minimum absolute atomic E-state index is 0.0988. The van der Waals surface area contributed by atoms with Crippen LogP contribution >= 0.6 is 0 Å². The van der Waals surface area contributed by atoms with Crippen molar-refractivity contribution in [3.63, 3.8) is 0 Å². The molecule has 0 spiro atoms. The molecular weight excluding hydrogens is 382 g/mol. The standard InChI is InChI=1S/C22H27N5O3/c1-29-15-10-7-14(8-11-15)9-12-18(28)17-13-24-20-19(25-17)21(27-22(23)26-20)30-16-5-3-2-4-6-16/h7-8,10-11,13,16,18,28H,2-6,9,12H2,1H3,(H2,23,24,26,27)/t18-/m1/s1. The van der Waals surface area contributed by atoms with Gasteiger partial charge in [0.1, 0.15) is 11.9 Å². The molecule has 158 valence electrons. The van der Waals surface area contributed by atoms with Crippen molar-refractivity contribution in [3.05, 3.63) is 41.7 Å². The number of nitrogens with zero attached hydrogens (tertiary/aromatic N) is 4. The zero-order valence-corrected chi connectivity index (χ0v) is 17.1. The van der Waals surface area contributed by atoms with Gasteiger partial charge < -0.3 is 20.3 Å². The molecule has 0 bridgehead atoms. The summed E-state index contributed by atoms with van der Waals surface area (Å²) in [6.07, 6.45) is 7.59. The van der Waals surface area contributed by atoms with Crippen LogP contribution in [0, 0.1) is 0 Å². The molecule has 2 heterocycles. The zero-order chi connectivity index (χ0) is 20.9. The van der Waals surface area contributed by atoms with Gasteiger partial charge in [0.25, 0.3) is 0 Å². The number of aryl methyl sites for hydroxylation is 1. The first-order chi connectivity index (χ1) is 14.6. The maximum Gasteiger partial charge on any atom is 0.247 e. The number of hydrogen-bond donors (Lipinski definition) is 2. The Morgan fingerprint density at radius 2 is 1.87 bits per heavy atom. The van der Waals surface area contributed by atoms with Gasteiger partial charge in [-0.15, -0.1) is 0 Å². The number of fused-ring (bicyclic) bond motifs is 1. The lowest BCUT2D eigenvalue weighted by molar-refractivity contribution is 0.150. The summed E-state index contributed by atoms with van der Waals surface area (Å²) in [7, 11) is 1.64. The molecule has 8 heteroatoms. The van der Waals surface area contributed by atoms with E-state index in [2.05, 4.69) is 19.9 Å². The molecule has 0 amide bonds. The van der Waals surface area contributed by atoms with Crippen LogP contribution in [0.25, 0.3) is 11.2 Å². The molecule has 4 rings (SSSR count). The van der Waals surface area contributed by atoms with E-state index in [-0.39, 0.29) is 12.1 Å². The van der Waals surface area contributed by atoms with Crippen LogP contribution in [0.5, 0.6) is 11.6 Å². The zero-order valence-electron chi connectivity index (χ0n) is 17.1. The first kappa shape index (κ1) is 20.3. The number of hydrogen-bond acceptors (Lipinski definition) is 8. The maximum absolute atomic E-state index is 10.7. The van der Waals surface area contributed by atoms with Crippen LogP contribution in [-0.4, -0.2) is 38.3 Å². The summed E-state index contributed by atoms with van der Waals surface area (Å²) in [5, 5.41) is 10.7. The Kier molecular flexibility index (Phi) is 6.23. The van der Waals surface area contributed by atoms with Crippen molar-refractivity contribution in [3.8, 4) is 11.6 Å². The van der Waals surface area contributed by atoms with Crippen LogP contribution < -0.4 is 15.2 Å². The number of nitrogen functional groups attached to an aromatic ring is 1. The van der Waals surface area contributed by atoms with Crippen LogP contribution in [0.2, 0.25) is 0 Å². The molecule has 1 aliphatic carbocycles. The molecular formula is C22H27N5O3.